The molecule has 1 aromatic heterocycles. The third-order valence-electron chi connectivity index (χ3n) is 3.16. The lowest BCUT2D eigenvalue weighted by Crippen LogP contribution is -2.46. The van der Waals surface area contributed by atoms with Crippen molar-refractivity contribution in [3.8, 4) is 0 Å². The molecule has 16 heavy (non-hydrogen) atoms. The van der Waals surface area contributed by atoms with Crippen molar-refractivity contribution in [2.45, 2.75) is 25.3 Å². The molecule has 4 heteroatoms. The molecule has 0 aromatic carbocycles. The first-order valence-corrected chi connectivity index (χ1v) is 6.70. The molecule has 1 aromatic rings. The number of carbonyl (C=O) groups is 1. The summed E-state index contributed by atoms with van der Waals surface area (Å²) in [5, 5.41) is 1.95. The highest BCUT2D eigenvalue weighted by Gasteiger charge is 2.23. The minimum atomic E-state index is 0.232. The molecule has 2 rings (SSSR count). The van der Waals surface area contributed by atoms with Gasteiger partial charge in [0.1, 0.15) is 0 Å². The fourth-order valence-corrected chi connectivity index (χ4v) is 2.89. The Labute approximate surface area is 100 Å². The van der Waals surface area contributed by atoms with Crippen LogP contribution in [0, 0.1) is 0 Å². The summed E-state index contributed by atoms with van der Waals surface area (Å²) in [5.74, 6) is 0.232. The van der Waals surface area contributed by atoms with Crippen molar-refractivity contribution in [3.05, 3.63) is 22.4 Å². The van der Waals surface area contributed by atoms with Gasteiger partial charge >= 0.3 is 0 Å². The third kappa shape index (κ3) is 2.70. The van der Waals surface area contributed by atoms with Crippen LogP contribution in [0.15, 0.2) is 17.5 Å². The van der Waals surface area contributed by atoms with Crippen molar-refractivity contribution in [2.75, 3.05) is 19.6 Å². The van der Waals surface area contributed by atoms with Crippen LogP contribution in [-0.4, -0.2) is 36.4 Å². The van der Waals surface area contributed by atoms with Gasteiger partial charge in [0.2, 0.25) is 0 Å². The maximum atomic E-state index is 12.0. The molecule has 0 bridgehead atoms. The van der Waals surface area contributed by atoms with Gasteiger partial charge in [0.25, 0.3) is 0 Å². The maximum Gasteiger partial charge on any atom is 0.186 e. The Hall–Kier alpha value is -0.710. The van der Waals surface area contributed by atoms with E-state index in [2.05, 4.69) is 4.90 Å². The van der Waals surface area contributed by atoms with Gasteiger partial charge in [0, 0.05) is 12.6 Å². The van der Waals surface area contributed by atoms with Crippen LogP contribution in [0.3, 0.4) is 0 Å². The van der Waals surface area contributed by atoms with Crippen molar-refractivity contribution in [3.63, 3.8) is 0 Å². The van der Waals surface area contributed by atoms with Crippen LogP contribution < -0.4 is 5.73 Å². The summed E-state index contributed by atoms with van der Waals surface area (Å²) in [6.07, 6.45) is 3.56. The van der Waals surface area contributed by atoms with Crippen LogP contribution >= 0.6 is 11.3 Å². The van der Waals surface area contributed by atoms with Gasteiger partial charge < -0.3 is 5.73 Å². The smallest absolute Gasteiger partial charge is 0.186 e. The number of carbonyl (C=O) groups excluding carboxylic acids is 1. The second-order valence-electron chi connectivity index (χ2n) is 4.26. The highest BCUT2D eigenvalue weighted by Crippen LogP contribution is 2.17. The molecule has 1 saturated heterocycles. The number of piperidine rings is 1. The lowest BCUT2D eigenvalue weighted by atomic mass is 10.0. The van der Waals surface area contributed by atoms with E-state index in [-0.39, 0.29) is 5.78 Å². The van der Waals surface area contributed by atoms with Gasteiger partial charge in [0.15, 0.2) is 5.78 Å². The molecule has 1 atom stereocenters. The predicted molar refractivity (Wildman–Crippen MR) is 66.9 cm³/mol. The molecule has 0 aliphatic carbocycles. The Morgan fingerprint density at radius 3 is 3.12 bits per heavy atom. The van der Waals surface area contributed by atoms with Crippen LogP contribution in [0.25, 0.3) is 0 Å². The van der Waals surface area contributed by atoms with Crippen molar-refractivity contribution in [1.82, 2.24) is 4.90 Å². The Balaban J connectivity index is 1.95. The molecule has 1 aliphatic rings. The van der Waals surface area contributed by atoms with E-state index in [0.29, 0.717) is 19.1 Å². The number of likely N-dealkylation sites (tertiary alicyclic amines) is 1. The summed E-state index contributed by atoms with van der Waals surface area (Å²) in [7, 11) is 0. The number of Topliss-reactive ketones (excluding diaryl/α,β-unsaturated/α-hetero) is 1. The van der Waals surface area contributed by atoms with E-state index >= 15 is 0 Å². The van der Waals surface area contributed by atoms with E-state index < -0.39 is 0 Å². The number of ketones is 1. The summed E-state index contributed by atoms with van der Waals surface area (Å²) >= 11 is 1.52. The van der Waals surface area contributed by atoms with E-state index in [9.17, 15) is 4.79 Å². The minimum Gasteiger partial charge on any atom is -0.329 e. The Kier molecular flexibility index (Phi) is 4.09. The summed E-state index contributed by atoms with van der Waals surface area (Å²) in [5.41, 5.74) is 5.74. The summed E-state index contributed by atoms with van der Waals surface area (Å²) in [6, 6.07) is 4.22. The lowest BCUT2D eigenvalue weighted by Gasteiger charge is -2.34. The zero-order chi connectivity index (χ0) is 11.4. The van der Waals surface area contributed by atoms with E-state index in [1.54, 1.807) is 0 Å². The highest BCUT2D eigenvalue weighted by atomic mass is 32.1. The second-order valence-corrected chi connectivity index (χ2v) is 5.20. The summed E-state index contributed by atoms with van der Waals surface area (Å²) < 4.78 is 0. The van der Waals surface area contributed by atoms with Gasteiger partial charge in [-0.05, 0) is 30.8 Å². The molecule has 0 amide bonds. The fourth-order valence-electron chi connectivity index (χ4n) is 2.23. The number of rotatable bonds is 4. The van der Waals surface area contributed by atoms with E-state index in [0.717, 1.165) is 17.8 Å². The normalized spacial score (nSPS) is 22.2. The van der Waals surface area contributed by atoms with Crippen LogP contribution in [-0.2, 0) is 0 Å². The lowest BCUT2D eigenvalue weighted by molar-refractivity contribution is 0.0855. The van der Waals surface area contributed by atoms with Gasteiger partial charge in [-0.2, -0.15) is 0 Å². The highest BCUT2D eigenvalue weighted by molar-refractivity contribution is 7.12. The summed E-state index contributed by atoms with van der Waals surface area (Å²) in [6.45, 7) is 2.21. The molecule has 0 radical (unpaired) electrons. The molecule has 0 spiro atoms. The maximum absolute atomic E-state index is 12.0. The third-order valence-corrected chi connectivity index (χ3v) is 4.07. The van der Waals surface area contributed by atoms with Crippen molar-refractivity contribution in [2.24, 2.45) is 5.73 Å². The van der Waals surface area contributed by atoms with E-state index in [4.69, 9.17) is 5.73 Å². The average molecular weight is 238 g/mol. The number of hydrogen-bond donors (Lipinski definition) is 1. The predicted octanol–water partition coefficient (Wildman–Crippen LogP) is 1.74. The average Bonchev–Trinajstić information content (AvgIpc) is 2.83. The molecular weight excluding hydrogens is 220 g/mol. The van der Waals surface area contributed by atoms with E-state index in [1.165, 1.54) is 24.2 Å². The Morgan fingerprint density at radius 2 is 2.44 bits per heavy atom. The van der Waals surface area contributed by atoms with Gasteiger partial charge in [0.05, 0.1) is 11.4 Å². The van der Waals surface area contributed by atoms with Crippen molar-refractivity contribution < 1.29 is 4.79 Å². The molecule has 88 valence electrons. The molecule has 3 nitrogen and oxygen atoms in total. The number of nitrogens with zero attached hydrogens (tertiary/aromatic N) is 1. The zero-order valence-electron chi connectivity index (χ0n) is 9.39. The van der Waals surface area contributed by atoms with Gasteiger partial charge in [-0.15, -0.1) is 11.3 Å². The number of hydrogen-bond acceptors (Lipinski definition) is 4. The Morgan fingerprint density at radius 1 is 1.56 bits per heavy atom. The minimum absolute atomic E-state index is 0.232. The molecule has 0 saturated carbocycles. The number of nitrogens with two attached hydrogens (primary N) is 1. The molecule has 1 aliphatic heterocycles. The number of thiophene rings is 1. The molecular formula is C12H18N2OS. The van der Waals surface area contributed by atoms with Crippen molar-refractivity contribution >= 4 is 17.1 Å². The monoisotopic (exact) mass is 238 g/mol. The van der Waals surface area contributed by atoms with Gasteiger partial charge in [-0.3, -0.25) is 9.69 Å². The standard InChI is InChI=1S/C12H18N2OS/c13-8-10-4-1-2-6-14(10)9-11(15)12-5-3-7-16-12/h3,5,7,10H,1-2,4,6,8-9,13H2. The summed E-state index contributed by atoms with van der Waals surface area (Å²) in [4.78, 5) is 15.1. The Bertz CT molecular complexity index is 337. The topological polar surface area (TPSA) is 46.3 Å². The quantitative estimate of drug-likeness (QED) is 0.813. The SMILES string of the molecule is NCC1CCCCN1CC(=O)c1cccs1. The first kappa shape index (κ1) is 11.8. The zero-order valence-corrected chi connectivity index (χ0v) is 10.2. The van der Waals surface area contributed by atoms with Crippen LogP contribution in [0.1, 0.15) is 28.9 Å². The molecule has 1 unspecified atom stereocenters. The van der Waals surface area contributed by atoms with E-state index in [1.807, 2.05) is 17.5 Å². The van der Waals surface area contributed by atoms with Crippen LogP contribution in [0.4, 0.5) is 0 Å². The molecule has 2 N–H and O–H groups in total. The first-order chi connectivity index (χ1) is 7.81. The van der Waals surface area contributed by atoms with Crippen LogP contribution in [0.5, 0.6) is 0 Å². The molecule has 2 heterocycles. The van der Waals surface area contributed by atoms with Crippen LogP contribution in [0.2, 0.25) is 0 Å². The second kappa shape index (κ2) is 5.57. The molecule has 1 fully saturated rings. The van der Waals surface area contributed by atoms with Crippen molar-refractivity contribution in [1.29, 1.82) is 0 Å². The first-order valence-electron chi connectivity index (χ1n) is 5.82. The largest absolute Gasteiger partial charge is 0.329 e. The van der Waals surface area contributed by atoms with Gasteiger partial charge in [-0.1, -0.05) is 12.5 Å². The van der Waals surface area contributed by atoms with Gasteiger partial charge in [-0.25, -0.2) is 0 Å². The fraction of sp³-hybridized carbons (Fsp3) is 0.583.